The van der Waals surface area contributed by atoms with Crippen molar-refractivity contribution in [2.24, 2.45) is 0 Å². The number of alkyl halides is 3. The summed E-state index contributed by atoms with van der Waals surface area (Å²) in [4.78, 5) is 26.8. The highest BCUT2D eigenvalue weighted by Crippen LogP contribution is 2.32. The number of carbonyl (C=O) groups excluding carboxylic acids is 1. The molecule has 1 amide bonds. The van der Waals surface area contributed by atoms with Crippen molar-refractivity contribution in [2.75, 3.05) is 0 Å². The van der Waals surface area contributed by atoms with Gasteiger partial charge in [-0.25, -0.2) is 9.78 Å². The molecule has 0 saturated carbocycles. The first-order valence-electron chi connectivity index (χ1n) is 6.95. The lowest BCUT2D eigenvalue weighted by atomic mass is 10.0. The predicted octanol–water partition coefficient (Wildman–Crippen LogP) is 2.55. The number of rotatable bonds is 5. The van der Waals surface area contributed by atoms with Crippen LogP contribution in [-0.4, -0.2) is 26.5 Å². The topological polar surface area (TPSA) is 84.2 Å². The molecule has 0 fully saturated rings. The fraction of sp³-hybridized carbons (Fsp3) is 0.267. The molecule has 0 aliphatic rings. The lowest BCUT2D eigenvalue weighted by molar-refractivity contribution is -0.137. The van der Waals surface area contributed by atoms with Crippen molar-refractivity contribution in [2.45, 2.75) is 26.2 Å². The van der Waals surface area contributed by atoms with Gasteiger partial charge in [0.05, 0.1) is 35.3 Å². The molecule has 1 aromatic carbocycles. The van der Waals surface area contributed by atoms with Crippen LogP contribution in [-0.2, 0) is 19.3 Å². The Morgan fingerprint density at radius 2 is 2.04 bits per heavy atom. The van der Waals surface area contributed by atoms with Gasteiger partial charge in [0.2, 0.25) is 0 Å². The Balaban J connectivity index is 2.27. The summed E-state index contributed by atoms with van der Waals surface area (Å²) in [6.07, 6.45) is -1.80. The smallest absolute Gasteiger partial charge is 0.417 e. The van der Waals surface area contributed by atoms with E-state index >= 15 is 0 Å². The Kier molecular flexibility index (Phi) is 4.91. The molecule has 0 unspecified atom stereocenters. The number of imidazole rings is 1. The standard InChI is InChI=1S/C15H14F3N3O3/c1-2-21-8-19-6-10(21)7-20-13(22)11-4-3-9(14(23)24)5-12(11)15(16,17)18/h3-6,8H,2,7H2,1H3,(H,20,22)(H,23,24). The molecular weight excluding hydrogens is 327 g/mol. The van der Waals surface area contributed by atoms with Crippen LogP contribution in [0.2, 0.25) is 0 Å². The average Bonchev–Trinajstić information content (AvgIpc) is 2.98. The minimum atomic E-state index is -4.84. The Morgan fingerprint density at radius 3 is 2.62 bits per heavy atom. The molecule has 1 heterocycles. The molecule has 0 aliphatic heterocycles. The van der Waals surface area contributed by atoms with Crippen molar-refractivity contribution >= 4 is 11.9 Å². The molecule has 0 radical (unpaired) electrons. The van der Waals surface area contributed by atoms with E-state index in [2.05, 4.69) is 10.3 Å². The summed E-state index contributed by atoms with van der Waals surface area (Å²) in [7, 11) is 0. The first kappa shape index (κ1) is 17.5. The molecule has 1 aromatic heterocycles. The minimum absolute atomic E-state index is 0.00462. The van der Waals surface area contributed by atoms with Crippen LogP contribution < -0.4 is 5.32 Å². The first-order chi connectivity index (χ1) is 11.2. The number of benzene rings is 1. The molecule has 2 aromatic rings. The Hall–Kier alpha value is -2.84. The molecule has 128 valence electrons. The number of carboxylic acid groups (broad SMARTS) is 1. The Morgan fingerprint density at radius 1 is 1.33 bits per heavy atom. The lowest BCUT2D eigenvalue weighted by Crippen LogP contribution is -2.27. The third-order valence-corrected chi connectivity index (χ3v) is 3.39. The van der Waals surface area contributed by atoms with Gasteiger partial charge in [0.15, 0.2) is 0 Å². The molecule has 0 spiro atoms. The molecule has 0 atom stereocenters. The third-order valence-electron chi connectivity index (χ3n) is 3.39. The average molecular weight is 341 g/mol. The van der Waals surface area contributed by atoms with Gasteiger partial charge in [0.1, 0.15) is 0 Å². The van der Waals surface area contributed by atoms with Crippen LogP contribution in [0.5, 0.6) is 0 Å². The zero-order chi connectivity index (χ0) is 17.9. The zero-order valence-electron chi connectivity index (χ0n) is 12.6. The van der Waals surface area contributed by atoms with E-state index in [9.17, 15) is 22.8 Å². The zero-order valence-corrected chi connectivity index (χ0v) is 12.6. The molecule has 0 saturated heterocycles. The van der Waals surface area contributed by atoms with E-state index in [1.165, 1.54) is 6.20 Å². The predicted molar refractivity (Wildman–Crippen MR) is 77.5 cm³/mol. The SMILES string of the molecule is CCn1cncc1CNC(=O)c1ccc(C(=O)O)cc1C(F)(F)F. The van der Waals surface area contributed by atoms with Crippen LogP contribution in [0.25, 0.3) is 0 Å². The summed E-state index contributed by atoms with van der Waals surface area (Å²) in [6, 6.07) is 2.27. The van der Waals surface area contributed by atoms with E-state index in [-0.39, 0.29) is 6.54 Å². The maximum absolute atomic E-state index is 13.1. The molecule has 2 rings (SSSR count). The second kappa shape index (κ2) is 6.73. The van der Waals surface area contributed by atoms with Crippen molar-refractivity contribution in [1.29, 1.82) is 0 Å². The molecule has 2 N–H and O–H groups in total. The van der Waals surface area contributed by atoms with Crippen LogP contribution in [0, 0.1) is 0 Å². The molecule has 24 heavy (non-hydrogen) atoms. The van der Waals surface area contributed by atoms with Gasteiger partial charge in [-0.3, -0.25) is 4.79 Å². The molecule has 0 aliphatic carbocycles. The second-order valence-corrected chi connectivity index (χ2v) is 4.92. The van der Waals surface area contributed by atoms with E-state index < -0.39 is 34.7 Å². The number of amides is 1. The summed E-state index contributed by atoms with van der Waals surface area (Å²) < 4.78 is 41.0. The van der Waals surface area contributed by atoms with Gasteiger partial charge in [0, 0.05) is 12.7 Å². The number of aromatic carboxylic acids is 1. The van der Waals surface area contributed by atoms with E-state index in [4.69, 9.17) is 5.11 Å². The van der Waals surface area contributed by atoms with Crippen molar-refractivity contribution in [3.8, 4) is 0 Å². The summed E-state index contributed by atoms with van der Waals surface area (Å²) in [5.74, 6) is -2.44. The van der Waals surface area contributed by atoms with Crippen molar-refractivity contribution in [3.05, 3.63) is 53.1 Å². The van der Waals surface area contributed by atoms with Gasteiger partial charge in [-0.05, 0) is 25.1 Å². The van der Waals surface area contributed by atoms with Crippen molar-refractivity contribution in [3.63, 3.8) is 0 Å². The minimum Gasteiger partial charge on any atom is -0.478 e. The van der Waals surface area contributed by atoms with Gasteiger partial charge < -0.3 is 15.0 Å². The maximum atomic E-state index is 13.1. The van der Waals surface area contributed by atoms with Crippen LogP contribution in [0.3, 0.4) is 0 Å². The largest absolute Gasteiger partial charge is 0.478 e. The number of hydrogen-bond acceptors (Lipinski definition) is 3. The normalized spacial score (nSPS) is 11.3. The molecular formula is C15H14F3N3O3. The van der Waals surface area contributed by atoms with Gasteiger partial charge in [-0.15, -0.1) is 0 Å². The van der Waals surface area contributed by atoms with Gasteiger partial charge in [-0.2, -0.15) is 13.2 Å². The second-order valence-electron chi connectivity index (χ2n) is 4.92. The van der Waals surface area contributed by atoms with E-state index in [1.54, 1.807) is 10.9 Å². The molecule has 6 nitrogen and oxygen atoms in total. The molecule has 9 heteroatoms. The summed E-state index contributed by atoms with van der Waals surface area (Å²) in [6.45, 7) is 2.47. The molecule has 0 bridgehead atoms. The van der Waals surface area contributed by atoms with E-state index in [1.807, 2.05) is 6.92 Å². The van der Waals surface area contributed by atoms with Crippen molar-refractivity contribution < 1.29 is 27.9 Å². The van der Waals surface area contributed by atoms with Crippen LogP contribution >= 0.6 is 0 Å². The van der Waals surface area contributed by atoms with E-state index in [0.717, 1.165) is 12.1 Å². The highest BCUT2D eigenvalue weighted by Gasteiger charge is 2.36. The fourth-order valence-electron chi connectivity index (χ4n) is 2.16. The highest BCUT2D eigenvalue weighted by atomic mass is 19.4. The van der Waals surface area contributed by atoms with Gasteiger partial charge in [-0.1, -0.05) is 0 Å². The number of aromatic nitrogens is 2. The number of carbonyl (C=O) groups is 2. The van der Waals surface area contributed by atoms with Gasteiger partial charge in [0.25, 0.3) is 5.91 Å². The van der Waals surface area contributed by atoms with E-state index in [0.29, 0.717) is 18.3 Å². The monoisotopic (exact) mass is 341 g/mol. The summed E-state index contributed by atoms with van der Waals surface area (Å²) in [5, 5.41) is 11.2. The Labute approximate surface area is 134 Å². The third kappa shape index (κ3) is 3.73. The Bertz CT molecular complexity index is 769. The van der Waals surface area contributed by atoms with Crippen LogP contribution in [0.15, 0.2) is 30.7 Å². The maximum Gasteiger partial charge on any atom is 0.417 e. The number of carboxylic acids is 1. The number of nitrogens with zero attached hydrogens (tertiary/aromatic N) is 2. The number of halogens is 3. The first-order valence-corrected chi connectivity index (χ1v) is 6.95. The van der Waals surface area contributed by atoms with Crippen LogP contribution in [0.4, 0.5) is 13.2 Å². The highest BCUT2D eigenvalue weighted by molar-refractivity contribution is 5.97. The number of nitrogens with one attached hydrogen (secondary N) is 1. The number of hydrogen-bond donors (Lipinski definition) is 2. The lowest BCUT2D eigenvalue weighted by Gasteiger charge is -2.14. The van der Waals surface area contributed by atoms with Crippen LogP contribution in [0.1, 0.15) is 38.9 Å². The fourth-order valence-corrected chi connectivity index (χ4v) is 2.16. The summed E-state index contributed by atoms with van der Waals surface area (Å²) >= 11 is 0. The number of aryl methyl sites for hydroxylation is 1. The quantitative estimate of drug-likeness (QED) is 0.875. The summed E-state index contributed by atoms with van der Waals surface area (Å²) in [5.41, 5.74) is -1.82. The van der Waals surface area contributed by atoms with Crippen molar-refractivity contribution in [1.82, 2.24) is 14.9 Å². The van der Waals surface area contributed by atoms with Gasteiger partial charge >= 0.3 is 12.1 Å².